The molecule has 0 saturated heterocycles. The lowest BCUT2D eigenvalue weighted by molar-refractivity contribution is -0.137. The predicted molar refractivity (Wildman–Crippen MR) is 175 cm³/mol. The number of aromatic nitrogens is 3. The highest BCUT2D eigenvalue weighted by atomic mass is 19.4. The summed E-state index contributed by atoms with van der Waals surface area (Å²) in [5.41, 5.74) is 2.42. The molecule has 2 aromatic heterocycles. The summed E-state index contributed by atoms with van der Waals surface area (Å²) in [6, 6.07) is 25.6. The van der Waals surface area contributed by atoms with Crippen LogP contribution in [0.5, 0.6) is 5.75 Å². The Morgan fingerprint density at radius 2 is 1.69 bits per heavy atom. The average Bonchev–Trinajstić information content (AvgIpc) is 3.35. The van der Waals surface area contributed by atoms with Crippen LogP contribution in [0.15, 0.2) is 113 Å². The van der Waals surface area contributed by atoms with E-state index in [1.165, 1.54) is 36.5 Å². The molecule has 0 aliphatic carbocycles. The average molecular weight is 654 g/mol. The van der Waals surface area contributed by atoms with Gasteiger partial charge in [-0.25, -0.2) is 9.37 Å². The molecule has 242 valence electrons. The van der Waals surface area contributed by atoms with E-state index in [9.17, 15) is 27.2 Å². The maximum atomic E-state index is 13.6. The molecule has 0 aliphatic heterocycles. The van der Waals surface area contributed by atoms with Gasteiger partial charge in [-0.3, -0.25) is 9.59 Å². The summed E-state index contributed by atoms with van der Waals surface area (Å²) in [4.78, 5) is 30.3. The van der Waals surface area contributed by atoms with E-state index in [2.05, 4.69) is 15.4 Å². The topological polar surface area (TPSA) is 90.5 Å². The fourth-order valence-corrected chi connectivity index (χ4v) is 5.29. The molecule has 1 amide bonds. The first-order valence-electron chi connectivity index (χ1n) is 14.7. The van der Waals surface area contributed by atoms with Gasteiger partial charge in [0.1, 0.15) is 11.6 Å². The van der Waals surface area contributed by atoms with Crippen LogP contribution < -0.4 is 15.6 Å². The summed E-state index contributed by atoms with van der Waals surface area (Å²) in [6.07, 6.45) is -3.11. The van der Waals surface area contributed by atoms with Gasteiger partial charge in [0.2, 0.25) is 0 Å². The molecule has 0 spiro atoms. The van der Waals surface area contributed by atoms with Gasteiger partial charge in [0, 0.05) is 33.9 Å². The second-order valence-electron chi connectivity index (χ2n) is 10.9. The molecule has 48 heavy (non-hydrogen) atoms. The van der Waals surface area contributed by atoms with Crippen molar-refractivity contribution < 1.29 is 27.1 Å². The highest BCUT2D eigenvalue weighted by Gasteiger charge is 2.31. The number of anilines is 1. The van der Waals surface area contributed by atoms with Crippen molar-refractivity contribution in [2.75, 3.05) is 11.9 Å². The number of aryl methyl sites for hydroxylation is 1. The number of halogens is 4. The van der Waals surface area contributed by atoms with Crippen LogP contribution in [0, 0.1) is 19.7 Å². The molecule has 2 heterocycles. The number of nitrogens with zero attached hydrogens (tertiary/aromatic N) is 4. The van der Waals surface area contributed by atoms with Gasteiger partial charge in [0.15, 0.2) is 12.4 Å². The van der Waals surface area contributed by atoms with E-state index >= 15 is 0 Å². The molecule has 0 unspecified atom stereocenters. The summed E-state index contributed by atoms with van der Waals surface area (Å²) in [6.45, 7) is 3.48. The number of amides is 1. The van der Waals surface area contributed by atoms with Crippen molar-refractivity contribution in [2.24, 2.45) is 5.10 Å². The summed E-state index contributed by atoms with van der Waals surface area (Å²) in [5, 5.41) is 7.28. The third kappa shape index (κ3) is 6.73. The van der Waals surface area contributed by atoms with E-state index in [1.807, 2.05) is 36.6 Å². The zero-order chi connectivity index (χ0) is 34.0. The van der Waals surface area contributed by atoms with Crippen molar-refractivity contribution in [1.82, 2.24) is 14.2 Å². The van der Waals surface area contributed by atoms with Crippen molar-refractivity contribution in [2.45, 2.75) is 20.0 Å². The Hall–Kier alpha value is -6.04. The minimum atomic E-state index is -4.58. The smallest absolute Gasteiger partial charge is 0.416 e. The zero-order valence-corrected chi connectivity index (χ0v) is 25.6. The number of rotatable bonds is 8. The zero-order valence-electron chi connectivity index (χ0n) is 25.6. The SMILES string of the molecule is Cc1cc(C=Nn2c(-c3cccc(C(F)(F)F)c3)nc3ccccc3c2=O)c(C)n1-c1ccc(OCC(=O)Nc2cccc(F)c2)cc1. The van der Waals surface area contributed by atoms with Crippen molar-refractivity contribution in [1.29, 1.82) is 0 Å². The monoisotopic (exact) mass is 653 g/mol. The number of alkyl halides is 3. The number of fused-ring (bicyclic) bond motifs is 1. The summed E-state index contributed by atoms with van der Waals surface area (Å²) >= 11 is 0. The highest BCUT2D eigenvalue weighted by molar-refractivity contribution is 5.91. The van der Waals surface area contributed by atoms with E-state index in [0.717, 1.165) is 33.9 Å². The largest absolute Gasteiger partial charge is 0.484 e. The number of ether oxygens (including phenoxy) is 1. The Morgan fingerprint density at radius 1 is 0.938 bits per heavy atom. The van der Waals surface area contributed by atoms with Crippen LogP contribution in [-0.2, 0) is 11.0 Å². The van der Waals surface area contributed by atoms with Crippen LogP contribution >= 0.6 is 0 Å². The first kappa shape index (κ1) is 31.9. The number of para-hydroxylation sites is 1. The number of carbonyl (C=O) groups excluding carboxylic acids is 1. The molecule has 12 heteroatoms. The van der Waals surface area contributed by atoms with Crippen LogP contribution in [0.25, 0.3) is 28.0 Å². The molecular weight excluding hydrogens is 626 g/mol. The minimum Gasteiger partial charge on any atom is -0.484 e. The molecule has 4 aromatic carbocycles. The fourth-order valence-electron chi connectivity index (χ4n) is 5.29. The van der Waals surface area contributed by atoms with Crippen molar-refractivity contribution in [3.8, 4) is 22.8 Å². The van der Waals surface area contributed by atoms with Crippen molar-refractivity contribution >= 4 is 28.7 Å². The number of nitrogens with one attached hydrogen (secondary N) is 1. The van der Waals surface area contributed by atoms with Crippen molar-refractivity contribution in [3.63, 3.8) is 0 Å². The Labute approximate surface area is 271 Å². The lowest BCUT2D eigenvalue weighted by Crippen LogP contribution is -2.20. The van der Waals surface area contributed by atoms with Gasteiger partial charge in [-0.2, -0.15) is 22.9 Å². The maximum absolute atomic E-state index is 13.6. The lowest BCUT2D eigenvalue weighted by atomic mass is 10.1. The van der Waals surface area contributed by atoms with Gasteiger partial charge < -0.3 is 14.6 Å². The van der Waals surface area contributed by atoms with Gasteiger partial charge in [0.25, 0.3) is 11.5 Å². The molecule has 8 nitrogen and oxygen atoms in total. The summed E-state index contributed by atoms with van der Waals surface area (Å²) in [7, 11) is 0. The van der Waals surface area contributed by atoms with Gasteiger partial charge in [0.05, 0.1) is 22.7 Å². The van der Waals surface area contributed by atoms with E-state index in [4.69, 9.17) is 4.74 Å². The van der Waals surface area contributed by atoms with Gasteiger partial charge in [-0.05, 0) is 86.6 Å². The lowest BCUT2D eigenvalue weighted by Gasteiger charge is -2.12. The van der Waals surface area contributed by atoms with Crippen LogP contribution in [-0.4, -0.2) is 33.0 Å². The number of hydrogen-bond donors (Lipinski definition) is 1. The molecule has 0 saturated carbocycles. The van der Waals surface area contributed by atoms with Crippen molar-refractivity contribution in [3.05, 3.63) is 142 Å². The summed E-state index contributed by atoms with van der Waals surface area (Å²) < 4.78 is 62.5. The highest BCUT2D eigenvalue weighted by Crippen LogP contribution is 2.32. The molecular formula is C36H27F4N5O3. The Bertz CT molecular complexity index is 2240. The summed E-state index contributed by atoms with van der Waals surface area (Å²) in [5.74, 6) is -0.491. The first-order valence-corrected chi connectivity index (χ1v) is 14.7. The first-order chi connectivity index (χ1) is 23.0. The fraction of sp³-hybridized carbons (Fsp3) is 0.111. The quantitative estimate of drug-likeness (QED) is 0.136. The van der Waals surface area contributed by atoms with E-state index in [1.54, 1.807) is 42.5 Å². The Morgan fingerprint density at radius 3 is 2.44 bits per heavy atom. The molecule has 0 bridgehead atoms. The molecule has 6 aromatic rings. The Kier molecular flexibility index (Phi) is 8.64. The third-order valence-electron chi connectivity index (χ3n) is 7.56. The van der Waals surface area contributed by atoms with E-state index < -0.39 is 29.0 Å². The predicted octanol–water partition coefficient (Wildman–Crippen LogP) is 7.53. The molecule has 0 radical (unpaired) electrons. The van der Waals surface area contributed by atoms with E-state index in [0.29, 0.717) is 22.5 Å². The number of carbonyl (C=O) groups is 1. The molecule has 0 fully saturated rings. The Balaban J connectivity index is 1.26. The van der Waals surface area contributed by atoms with Crippen LogP contribution in [0.3, 0.4) is 0 Å². The normalized spacial score (nSPS) is 11.7. The van der Waals surface area contributed by atoms with Gasteiger partial charge in [-0.1, -0.05) is 30.3 Å². The molecule has 0 aliphatic rings. The van der Waals surface area contributed by atoms with Crippen LogP contribution in [0.2, 0.25) is 0 Å². The number of benzene rings is 4. The molecule has 6 rings (SSSR count). The molecule has 0 atom stereocenters. The second-order valence-corrected chi connectivity index (χ2v) is 10.9. The van der Waals surface area contributed by atoms with Crippen LogP contribution in [0.1, 0.15) is 22.5 Å². The van der Waals surface area contributed by atoms with E-state index in [-0.39, 0.29) is 23.4 Å². The minimum absolute atomic E-state index is 0.0324. The standard InChI is InChI=1S/C36H27F4N5O3/c1-22-17-25(23(2)44(22)29-13-15-30(16-14-29)48-21-33(46)42-28-10-6-9-27(37)19-28)20-41-45-34(24-7-5-8-26(18-24)36(38,39)40)43-32-12-4-3-11-31(32)35(45)47/h3-20H,21H2,1-2H3,(H,42,46). The third-order valence-corrected chi connectivity index (χ3v) is 7.56. The number of hydrogen-bond acceptors (Lipinski definition) is 5. The maximum Gasteiger partial charge on any atom is 0.416 e. The second kappa shape index (κ2) is 13.0. The van der Waals surface area contributed by atoms with Gasteiger partial charge >= 0.3 is 6.18 Å². The molecule has 1 N–H and O–H groups in total. The van der Waals surface area contributed by atoms with Gasteiger partial charge in [-0.15, -0.1) is 0 Å². The van der Waals surface area contributed by atoms with Crippen LogP contribution in [0.4, 0.5) is 23.2 Å².